The van der Waals surface area contributed by atoms with Gasteiger partial charge in [-0.3, -0.25) is 14.5 Å². The van der Waals surface area contributed by atoms with E-state index in [-0.39, 0.29) is 21.7 Å². The molecule has 2 aromatic carbocycles. The zero-order chi connectivity index (χ0) is 40.0. The number of aromatic nitrogens is 5. The molecule has 0 fully saturated rings. The van der Waals surface area contributed by atoms with E-state index in [0.717, 1.165) is 24.9 Å². The van der Waals surface area contributed by atoms with Crippen LogP contribution in [-0.4, -0.2) is 66.5 Å². The molecular weight excluding hydrogens is 749 g/mol. The van der Waals surface area contributed by atoms with Crippen LogP contribution >= 0.6 is 11.6 Å². The van der Waals surface area contributed by atoms with Gasteiger partial charge in [-0.1, -0.05) is 69.6 Å². The Bertz CT molecular complexity index is 2050. The number of nitrogens with zero attached hydrogens (tertiary/aromatic N) is 7. The van der Waals surface area contributed by atoms with Crippen molar-refractivity contribution in [2.75, 3.05) is 6.61 Å². The minimum absolute atomic E-state index is 0.00872. The van der Waals surface area contributed by atoms with E-state index < -0.39 is 78.8 Å². The van der Waals surface area contributed by atoms with E-state index in [0.29, 0.717) is 21.6 Å². The van der Waals surface area contributed by atoms with Crippen LogP contribution < -0.4 is 5.73 Å². The van der Waals surface area contributed by atoms with Crippen LogP contribution in [0.4, 0.5) is 30.7 Å². The van der Waals surface area contributed by atoms with Gasteiger partial charge in [0.15, 0.2) is 17.3 Å². The van der Waals surface area contributed by atoms with Crippen molar-refractivity contribution >= 4 is 29.4 Å². The normalized spacial score (nSPS) is 17.4. The number of alkyl halides is 7. The maximum atomic E-state index is 14.9. The quantitative estimate of drug-likeness (QED) is 0.109. The second-order valence-electron chi connectivity index (χ2n) is 14.2. The van der Waals surface area contributed by atoms with Gasteiger partial charge in [0, 0.05) is 29.8 Å². The number of benzene rings is 2. The summed E-state index contributed by atoms with van der Waals surface area (Å²) in [6, 6.07) is 8.59. The summed E-state index contributed by atoms with van der Waals surface area (Å²) < 4.78 is 104. The lowest BCUT2D eigenvalue weighted by Crippen LogP contribution is -2.49. The fraction of sp³-hybridized carbons (Fsp3) is 0.429. The summed E-state index contributed by atoms with van der Waals surface area (Å²) in [5.74, 6) is -2.28. The Hall–Kier alpha value is -5.00. The number of esters is 1. The van der Waals surface area contributed by atoms with E-state index in [4.69, 9.17) is 22.1 Å². The third-order valence-electron chi connectivity index (χ3n) is 9.32. The second kappa shape index (κ2) is 14.7. The van der Waals surface area contributed by atoms with Gasteiger partial charge >= 0.3 is 18.7 Å². The highest BCUT2D eigenvalue weighted by Gasteiger charge is 2.59. The monoisotopic (exact) mass is 784 g/mol. The molecule has 0 radical (unpaired) electrons. The molecule has 5 rings (SSSR count). The van der Waals surface area contributed by atoms with Crippen molar-refractivity contribution in [3.05, 3.63) is 77.3 Å². The van der Waals surface area contributed by atoms with Crippen LogP contribution in [0.3, 0.4) is 0 Å². The summed E-state index contributed by atoms with van der Waals surface area (Å²) in [4.78, 5) is 37.3. The summed E-state index contributed by atoms with van der Waals surface area (Å²) in [5, 5.41) is 7.85. The van der Waals surface area contributed by atoms with Gasteiger partial charge in [-0.2, -0.15) is 32.1 Å². The second-order valence-corrected chi connectivity index (χ2v) is 14.6. The number of halogens is 8. The number of aliphatic imine (C=N–C) groups is 1. The van der Waals surface area contributed by atoms with Gasteiger partial charge in [0.1, 0.15) is 12.9 Å². The van der Waals surface area contributed by atoms with Gasteiger partial charge in [0.25, 0.3) is 5.91 Å². The van der Waals surface area contributed by atoms with Gasteiger partial charge < -0.3 is 10.5 Å². The van der Waals surface area contributed by atoms with E-state index in [9.17, 15) is 40.3 Å². The maximum Gasteiger partial charge on any atom is 0.394 e. The predicted octanol–water partition coefficient (Wildman–Crippen LogP) is 7.69. The van der Waals surface area contributed by atoms with Gasteiger partial charge in [0.05, 0.1) is 29.1 Å². The van der Waals surface area contributed by atoms with Crippen molar-refractivity contribution in [1.29, 1.82) is 0 Å². The molecular formula is C35H36ClF7N8O3. The number of nitrogens with two attached hydrogens (primary N) is 1. The molecule has 19 heteroatoms. The Morgan fingerprint density at radius 1 is 1.00 bits per heavy atom. The maximum absolute atomic E-state index is 14.9. The smallest absolute Gasteiger partial charge is 0.394 e. The molecule has 290 valence electrons. The number of guanidine groups is 1. The predicted molar refractivity (Wildman–Crippen MR) is 183 cm³/mol. The Kier molecular flexibility index (Phi) is 10.9. The zero-order valence-corrected chi connectivity index (χ0v) is 30.3. The van der Waals surface area contributed by atoms with Crippen LogP contribution in [0.15, 0.2) is 66.2 Å². The van der Waals surface area contributed by atoms with Gasteiger partial charge in [-0.15, -0.1) is 0 Å². The van der Waals surface area contributed by atoms with Crippen LogP contribution in [0.1, 0.15) is 64.3 Å². The van der Waals surface area contributed by atoms with E-state index in [1.807, 2.05) is 0 Å². The fourth-order valence-electron chi connectivity index (χ4n) is 6.03. The SMILES string of the molecule is Cn1ncnc1-c1cc([C@@H](COC(=O)CC(C)(C)C(F)F)N2C(=O)[C@@](CC(C)(C)C(F)(F)F)(c3ccc(-c4cnn(C(F)F)c4)cc3)N=C2N)ccc1Cl. The number of ether oxygens (including phenoxy) is 1. The Morgan fingerprint density at radius 2 is 1.67 bits per heavy atom. The first-order valence-electron chi connectivity index (χ1n) is 16.3. The number of hydrogen-bond donors (Lipinski definition) is 1. The van der Waals surface area contributed by atoms with Crippen LogP contribution in [0.2, 0.25) is 5.02 Å². The first kappa shape index (κ1) is 40.2. The van der Waals surface area contributed by atoms with Crippen LogP contribution in [0.5, 0.6) is 0 Å². The molecule has 0 bridgehead atoms. The average Bonchev–Trinajstić information content (AvgIpc) is 3.80. The molecule has 1 aliphatic rings. The number of rotatable bonds is 13. The third-order valence-corrected chi connectivity index (χ3v) is 9.65. The number of carbonyl (C=O) groups excluding carboxylic acids is 2. The van der Waals surface area contributed by atoms with Crippen molar-refractivity contribution < 1.29 is 45.1 Å². The minimum Gasteiger partial charge on any atom is -0.463 e. The molecule has 11 nitrogen and oxygen atoms in total. The van der Waals surface area contributed by atoms with Crippen LogP contribution in [0.25, 0.3) is 22.5 Å². The molecule has 2 N–H and O–H groups in total. The molecule has 54 heavy (non-hydrogen) atoms. The van der Waals surface area contributed by atoms with Crippen molar-refractivity contribution in [2.45, 2.75) is 71.3 Å². The van der Waals surface area contributed by atoms with Crippen LogP contribution in [0, 0.1) is 10.8 Å². The van der Waals surface area contributed by atoms with Crippen molar-refractivity contribution in [1.82, 2.24) is 29.4 Å². The lowest BCUT2D eigenvalue weighted by molar-refractivity contribution is -0.218. The van der Waals surface area contributed by atoms with Gasteiger partial charge in [0.2, 0.25) is 6.43 Å². The Labute approximate surface area is 309 Å². The minimum atomic E-state index is -4.82. The summed E-state index contributed by atoms with van der Waals surface area (Å²) in [6.45, 7) is 0.561. The van der Waals surface area contributed by atoms with E-state index in [1.165, 1.54) is 73.5 Å². The topological polar surface area (TPSA) is 134 Å². The highest BCUT2D eigenvalue weighted by Crippen LogP contribution is 2.51. The molecule has 0 spiro atoms. The highest BCUT2D eigenvalue weighted by atomic mass is 35.5. The molecule has 3 heterocycles. The molecule has 1 aliphatic heterocycles. The van der Waals surface area contributed by atoms with Crippen molar-refractivity contribution in [3.8, 4) is 22.5 Å². The standard InChI is InChI=1S/C35H36ClF7N8O3/c1-32(2,28(37)38)13-26(52)54-16-25(20-8-11-24(36)23(12-20)27-45-18-47-49(27)5)51-29(53)34(48-31(51)44,17-33(3,4)35(41,42)43)22-9-6-19(7-10-22)21-14-46-50(15-21)30(39)40/h6-12,14-15,18,25,28,30H,13,16-17H2,1-5H3,(H2,44,48)/t25-,34-/m1/s1. The molecule has 0 saturated carbocycles. The van der Waals surface area contributed by atoms with E-state index in [1.54, 1.807) is 7.05 Å². The Morgan fingerprint density at radius 3 is 2.22 bits per heavy atom. The highest BCUT2D eigenvalue weighted by molar-refractivity contribution is 6.33. The molecule has 2 atom stereocenters. The van der Waals surface area contributed by atoms with E-state index >= 15 is 0 Å². The average molecular weight is 785 g/mol. The van der Waals surface area contributed by atoms with Gasteiger partial charge in [-0.25, -0.2) is 28.1 Å². The Balaban J connectivity index is 1.61. The first-order chi connectivity index (χ1) is 25.1. The first-order valence-corrected chi connectivity index (χ1v) is 16.7. The number of hydrogen-bond acceptors (Lipinski definition) is 8. The van der Waals surface area contributed by atoms with Crippen LogP contribution in [-0.2, 0) is 26.9 Å². The summed E-state index contributed by atoms with van der Waals surface area (Å²) >= 11 is 6.51. The molecule has 0 unspecified atom stereocenters. The molecule has 0 aliphatic carbocycles. The largest absolute Gasteiger partial charge is 0.463 e. The number of carbonyl (C=O) groups is 2. The number of amides is 1. The zero-order valence-electron chi connectivity index (χ0n) is 29.6. The lowest BCUT2D eigenvalue weighted by atomic mass is 9.74. The third kappa shape index (κ3) is 7.79. The van der Waals surface area contributed by atoms with E-state index in [2.05, 4.69) is 20.2 Å². The number of aryl methyl sites for hydroxylation is 1. The van der Waals surface area contributed by atoms with Crippen molar-refractivity contribution in [2.24, 2.45) is 28.6 Å². The lowest BCUT2D eigenvalue weighted by Gasteiger charge is -2.37. The van der Waals surface area contributed by atoms with Gasteiger partial charge in [-0.05, 0) is 35.2 Å². The molecule has 1 amide bonds. The molecule has 4 aromatic rings. The summed E-state index contributed by atoms with van der Waals surface area (Å²) in [6.07, 6.45) is -5.81. The van der Waals surface area contributed by atoms with Crippen molar-refractivity contribution in [3.63, 3.8) is 0 Å². The summed E-state index contributed by atoms with van der Waals surface area (Å²) in [7, 11) is 1.59. The molecule has 2 aromatic heterocycles. The summed E-state index contributed by atoms with van der Waals surface area (Å²) in [5.41, 5.74) is 1.02. The fourth-order valence-corrected chi connectivity index (χ4v) is 6.23. The molecule has 0 saturated heterocycles.